The number of aromatic nitrogens is 3. The minimum atomic E-state index is -1.44. The summed E-state index contributed by atoms with van der Waals surface area (Å²) < 4.78 is 20.6. The molecule has 11 nitrogen and oxygen atoms in total. The maximum atomic E-state index is 14.7. The quantitative estimate of drug-likeness (QED) is 0.445. The van der Waals surface area contributed by atoms with Gasteiger partial charge in [0, 0.05) is 55.6 Å². The third kappa shape index (κ3) is 6.53. The summed E-state index contributed by atoms with van der Waals surface area (Å²) in [4.78, 5) is 30.7. The van der Waals surface area contributed by atoms with Crippen molar-refractivity contribution in [2.45, 2.75) is 31.7 Å². The fourth-order valence-electron chi connectivity index (χ4n) is 5.25. The molecule has 1 aromatic heterocycles. The molecule has 1 amide bonds. The van der Waals surface area contributed by atoms with Gasteiger partial charge in [-0.05, 0) is 56.4 Å². The lowest BCUT2D eigenvalue weighted by molar-refractivity contribution is -0.138. The molecule has 2 N–H and O–H groups in total. The second-order valence-corrected chi connectivity index (χ2v) is 10.4. The van der Waals surface area contributed by atoms with Gasteiger partial charge in [-0.15, -0.1) is 0 Å². The van der Waals surface area contributed by atoms with Crippen LogP contribution in [0.2, 0.25) is 0 Å². The van der Waals surface area contributed by atoms with E-state index in [4.69, 9.17) is 9.84 Å². The molecule has 3 aromatic rings. The Hall–Kier alpha value is -4.34. The van der Waals surface area contributed by atoms with Crippen LogP contribution in [0.5, 0.6) is 5.75 Å². The van der Waals surface area contributed by atoms with Gasteiger partial charge in [0.1, 0.15) is 30.9 Å². The number of nitrogens with zero attached hydrogens (tertiary/aromatic N) is 7. The van der Waals surface area contributed by atoms with Crippen molar-refractivity contribution in [3.63, 3.8) is 0 Å². The first-order valence-electron chi connectivity index (χ1n) is 13.6. The van der Waals surface area contributed by atoms with Crippen LogP contribution in [-0.2, 0) is 4.79 Å². The highest BCUT2D eigenvalue weighted by molar-refractivity contribution is 5.77. The van der Waals surface area contributed by atoms with Gasteiger partial charge in [-0.2, -0.15) is 10.2 Å². The molecule has 3 atom stereocenters. The molecule has 41 heavy (non-hydrogen) atoms. The van der Waals surface area contributed by atoms with Gasteiger partial charge in [0.2, 0.25) is 11.9 Å². The number of carbonyl (C=O) groups excluding carboxylic acids is 1. The van der Waals surface area contributed by atoms with Crippen molar-refractivity contribution < 1.29 is 19.0 Å². The van der Waals surface area contributed by atoms with Crippen LogP contribution >= 0.6 is 0 Å². The summed E-state index contributed by atoms with van der Waals surface area (Å²) in [5, 5.41) is 22.0. The van der Waals surface area contributed by atoms with E-state index in [1.165, 1.54) is 16.9 Å². The molecule has 2 aliphatic rings. The normalized spacial score (nSPS) is 21.3. The molecule has 2 aromatic carbocycles. The minimum Gasteiger partial charge on any atom is -0.486 e. The Morgan fingerprint density at radius 3 is 2.68 bits per heavy atom. The van der Waals surface area contributed by atoms with Crippen LogP contribution in [0.3, 0.4) is 0 Å². The maximum Gasteiger partial charge on any atom is 0.248 e. The smallest absolute Gasteiger partial charge is 0.248 e. The molecule has 3 heterocycles. The molecule has 0 saturated carbocycles. The molecule has 2 fully saturated rings. The van der Waals surface area contributed by atoms with E-state index < -0.39 is 24.8 Å². The summed E-state index contributed by atoms with van der Waals surface area (Å²) in [6, 6.07) is 15.6. The van der Waals surface area contributed by atoms with E-state index in [1.807, 2.05) is 12.1 Å². The first kappa shape index (κ1) is 28.2. The summed E-state index contributed by atoms with van der Waals surface area (Å²) in [5.41, 5.74) is 2.80. The van der Waals surface area contributed by atoms with Crippen molar-refractivity contribution in [1.29, 1.82) is 5.26 Å². The van der Waals surface area contributed by atoms with Crippen molar-refractivity contribution in [3.8, 4) is 23.2 Å². The van der Waals surface area contributed by atoms with Crippen LogP contribution in [0.15, 0.2) is 48.8 Å². The molecule has 0 aliphatic carbocycles. The largest absolute Gasteiger partial charge is 0.486 e. The van der Waals surface area contributed by atoms with Gasteiger partial charge < -0.3 is 29.9 Å². The number of hydrogen-bond donors (Lipinski definition) is 2. The number of nitriles is 1. The van der Waals surface area contributed by atoms with Crippen LogP contribution in [0.4, 0.5) is 21.7 Å². The highest BCUT2D eigenvalue weighted by atomic mass is 19.1. The number of nitrogens with one attached hydrogen (secondary N) is 1. The van der Waals surface area contributed by atoms with E-state index in [-0.39, 0.29) is 30.8 Å². The molecule has 2 aliphatic heterocycles. The van der Waals surface area contributed by atoms with Crippen molar-refractivity contribution in [1.82, 2.24) is 24.8 Å². The average Bonchev–Trinajstić information content (AvgIpc) is 2.98. The van der Waals surface area contributed by atoms with Crippen molar-refractivity contribution in [3.05, 3.63) is 54.4 Å². The third-order valence-electron chi connectivity index (χ3n) is 7.46. The molecular formula is C29H33FN8O3. The molecule has 2 saturated heterocycles. The number of benzene rings is 2. The van der Waals surface area contributed by atoms with Gasteiger partial charge >= 0.3 is 0 Å². The highest BCUT2D eigenvalue weighted by Gasteiger charge is 2.33. The molecular weight excluding hydrogens is 527 g/mol. The Kier molecular flexibility index (Phi) is 8.56. The number of halogens is 1. The number of ether oxygens (including phenoxy) is 1. The molecule has 0 radical (unpaired) electrons. The number of likely N-dealkylation sites (tertiary alicyclic amines) is 1. The monoisotopic (exact) mass is 560 g/mol. The van der Waals surface area contributed by atoms with E-state index in [0.29, 0.717) is 23.4 Å². The van der Waals surface area contributed by atoms with Crippen LogP contribution in [0, 0.1) is 11.3 Å². The van der Waals surface area contributed by atoms with Crippen LogP contribution in [0.25, 0.3) is 11.4 Å². The van der Waals surface area contributed by atoms with E-state index in [0.717, 1.165) is 25.3 Å². The molecule has 214 valence electrons. The first-order valence-corrected chi connectivity index (χ1v) is 13.6. The minimum absolute atomic E-state index is 0.164. The summed E-state index contributed by atoms with van der Waals surface area (Å²) in [5.74, 6) is 0.455. The predicted molar refractivity (Wildman–Crippen MR) is 152 cm³/mol. The SMILES string of the molecule is CC1CN(C)CCN1c1ccc(Nc2ncnc(-c3ccc(O[C@H]4CCN(C(=O)CO)C[C@H]4F)c(C#N)c3)n2)cc1. The number of carbonyl (C=O) groups is 1. The Morgan fingerprint density at radius 2 is 1.98 bits per heavy atom. The van der Waals surface area contributed by atoms with E-state index in [2.05, 4.69) is 62.2 Å². The number of anilines is 3. The Balaban J connectivity index is 1.25. The molecule has 0 bridgehead atoms. The molecule has 0 spiro atoms. The molecule has 12 heteroatoms. The second-order valence-electron chi connectivity index (χ2n) is 10.4. The summed E-state index contributed by atoms with van der Waals surface area (Å²) >= 11 is 0. The van der Waals surface area contributed by atoms with Gasteiger partial charge in [0.05, 0.1) is 12.1 Å². The van der Waals surface area contributed by atoms with Crippen LogP contribution in [-0.4, -0.2) is 100 Å². The number of aliphatic hydroxyl groups excluding tert-OH is 1. The number of aliphatic hydroxyl groups is 1. The number of piperidine rings is 1. The Labute approximate surface area is 238 Å². The number of rotatable bonds is 7. The number of alkyl halides is 1. The molecule has 1 unspecified atom stereocenters. The number of piperazine rings is 1. The van der Waals surface area contributed by atoms with E-state index in [9.17, 15) is 14.4 Å². The van der Waals surface area contributed by atoms with E-state index >= 15 is 0 Å². The fourth-order valence-corrected chi connectivity index (χ4v) is 5.25. The first-order chi connectivity index (χ1) is 19.8. The standard InChI is InChI=1S/C29H33FN8O3/c1-19-15-36(2)11-12-38(19)23-6-4-22(5-7-23)34-29-33-18-32-28(35-29)20-3-8-25(21(13-20)14-31)41-26-9-10-37(16-24(26)30)27(40)17-39/h3-8,13,18-19,24,26,39H,9-12,15-17H2,1-2H3,(H,32,33,34,35)/t19?,24-,26+/m1/s1. The topological polar surface area (TPSA) is 131 Å². The highest BCUT2D eigenvalue weighted by Crippen LogP contribution is 2.29. The van der Waals surface area contributed by atoms with Crippen molar-refractivity contribution >= 4 is 23.2 Å². The van der Waals surface area contributed by atoms with Crippen LogP contribution < -0.4 is 15.0 Å². The Morgan fingerprint density at radius 1 is 1.17 bits per heavy atom. The average molecular weight is 561 g/mol. The van der Waals surface area contributed by atoms with Crippen molar-refractivity contribution in [2.75, 3.05) is 56.6 Å². The predicted octanol–water partition coefficient (Wildman–Crippen LogP) is 2.60. The van der Waals surface area contributed by atoms with Gasteiger partial charge in [0.25, 0.3) is 0 Å². The maximum absolute atomic E-state index is 14.7. The number of amides is 1. The zero-order valence-corrected chi connectivity index (χ0v) is 23.1. The lowest BCUT2D eigenvalue weighted by atomic mass is 10.0. The van der Waals surface area contributed by atoms with Crippen LogP contribution in [0.1, 0.15) is 18.9 Å². The number of likely N-dealkylation sites (N-methyl/N-ethyl adjacent to an activating group) is 1. The summed E-state index contributed by atoms with van der Waals surface area (Å²) in [6.45, 7) is 4.71. The fraction of sp³-hybridized carbons (Fsp3) is 0.414. The summed E-state index contributed by atoms with van der Waals surface area (Å²) in [6.07, 6.45) is -0.607. The zero-order valence-electron chi connectivity index (χ0n) is 23.1. The number of hydrogen-bond acceptors (Lipinski definition) is 10. The molecule has 5 rings (SSSR count). The Bertz CT molecular complexity index is 1420. The zero-order chi connectivity index (χ0) is 28.9. The van der Waals surface area contributed by atoms with Gasteiger partial charge in [-0.25, -0.2) is 14.4 Å². The second kappa shape index (κ2) is 12.4. The van der Waals surface area contributed by atoms with Crippen molar-refractivity contribution in [2.24, 2.45) is 0 Å². The van der Waals surface area contributed by atoms with Gasteiger partial charge in [0.15, 0.2) is 12.0 Å². The van der Waals surface area contributed by atoms with Gasteiger partial charge in [-0.3, -0.25) is 4.79 Å². The van der Waals surface area contributed by atoms with Gasteiger partial charge in [-0.1, -0.05) is 0 Å². The third-order valence-corrected chi connectivity index (χ3v) is 7.46. The van der Waals surface area contributed by atoms with E-state index in [1.54, 1.807) is 18.2 Å². The lowest BCUT2D eigenvalue weighted by Gasteiger charge is -2.39. The summed E-state index contributed by atoms with van der Waals surface area (Å²) in [7, 11) is 2.14. The lowest BCUT2D eigenvalue weighted by Crippen LogP contribution is -2.50.